The number of hydrogen-bond donors (Lipinski definition) is 0. The molecule has 1 aliphatic rings. The number of pyridine rings is 2. The third kappa shape index (κ3) is 7.17. The van der Waals surface area contributed by atoms with Crippen molar-refractivity contribution in [2.45, 2.75) is 47.1 Å². The summed E-state index contributed by atoms with van der Waals surface area (Å²) in [6.07, 6.45) is 9.15. The Morgan fingerprint density at radius 1 is 0.850 bits per heavy atom. The van der Waals surface area contributed by atoms with Gasteiger partial charge in [0.15, 0.2) is 0 Å². The van der Waals surface area contributed by atoms with Gasteiger partial charge in [0, 0.05) is 63.6 Å². The Balaban J connectivity index is 0.00000441. The number of rotatable bonds is 12. The van der Waals surface area contributed by atoms with Crippen LogP contribution in [0.5, 0.6) is 5.75 Å². The van der Waals surface area contributed by atoms with Crippen LogP contribution in [0.15, 0.2) is 67.3 Å². The van der Waals surface area contributed by atoms with Crippen LogP contribution < -0.4 is 14.5 Å². The largest absolute Gasteiger partial charge is 0.493 e. The van der Waals surface area contributed by atoms with E-state index in [1.807, 2.05) is 56.7 Å². The van der Waals surface area contributed by atoms with E-state index in [1.54, 1.807) is 29.8 Å². The highest BCUT2D eigenvalue weighted by Gasteiger charge is 2.45. The average Bonchev–Trinajstić information content (AvgIpc) is 3.01. The maximum atomic E-state index is 13.3. The first kappa shape index (κ1) is 31.0. The summed E-state index contributed by atoms with van der Waals surface area (Å²) in [6, 6.07) is 13.9. The predicted octanol–water partition coefficient (Wildman–Crippen LogP) is 5.16. The van der Waals surface area contributed by atoms with Crippen LogP contribution in [0.25, 0.3) is 0 Å². The van der Waals surface area contributed by atoms with Crippen molar-refractivity contribution in [3.05, 3.63) is 78.4 Å². The summed E-state index contributed by atoms with van der Waals surface area (Å²) in [5, 5.41) is 0. The van der Waals surface area contributed by atoms with Crippen LogP contribution in [0.1, 0.15) is 45.2 Å². The zero-order valence-corrected chi connectivity index (χ0v) is 24.7. The van der Waals surface area contributed by atoms with Crippen molar-refractivity contribution >= 4 is 35.6 Å². The Morgan fingerprint density at radius 3 is 2.20 bits per heavy atom. The number of carbonyl (C=O) groups is 2. The highest BCUT2D eigenvalue weighted by Crippen LogP contribution is 2.40. The molecule has 0 atom stereocenters. The van der Waals surface area contributed by atoms with E-state index in [2.05, 4.69) is 33.1 Å². The number of aromatic nitrogens is 2. The van der Waals surface area contributed by atoms with Gasteiger partial charge in [0.1, 0.15) is 11.2 Å². The number of benzene rings is 1. The predicted molar refractivity (Wildman–Crippen MR) is 161 cm³/mol. The van der Waals surface area contributed by atoms with Gasteiger partial charge < -0.3 is 14.5 Å². The van der Waals surface area contributed by atoms with E-state index in [0.29, 0.717) is 25.4 Å². The molecule has 40 heavy (non-hydrogen) atoms. The molecular formula is C31H40ClN5O3. The maximum absolute atomic E-state index is 13.3. The molecule has 0 bridgehead atoms. The van der Waals surface area contributed by atoms with Crippen molar-refractivity contribution in [2.24, 2.45) is 5.41 Å². The molecular weight excluding hydrogens is 526 g/mol. The molecule has 0 saturated carbocycles. The zero-order chi connectivity index (χ0) is 27.8. The van der Waals surface area contributed by atoms with Crippen LogP contribution in [-0.2, 0) is 22.6 Å². The van der Waals surface area contributed by atoms with Gasteiger partial charge in [-0.3, -0.25) is 24.5 Å². The van der Waals surface area contributed by atoms with Gasteiger partial charge in [-0.05, 0) is 82.0 Å². The number of hydrogen-bond acceptors (Lipinski definition) is 6. The summed E-state index contributed by atoms with van der Waals surface area (Å²) < 4.78 is 6.16. The fourth-order valence-electron chi connectivity index (χ4n) is 4.98. The van der Waals surface area contributed by atoms with Gasteiger partial charge in [-0.15, -0.1) is 12.4 Å². The molecule has 0 spiro atoms. The second-order valence-electron chi connectivity index (χ2n) is 10.3. The average molecular weight is 566 g/mol. The van der Waals surface area contributed by atoms with E-state index in [1.165, 1.54) is 11.1 Å². The SMILES string of the molecule is CCN1C(=O)C(C)(C)C(=O)N(CC)c2cc(OCCCN(CCc3cccnc3)Cc3ccncc3)ccc21.Cl. The third-order valence-corrected chi connectivity index (χ3v) is 7.20. The molecule has 3 aromatic rings. The van der Waals surface area contributed by atoms with E-state index in [9.17, 15) is 9.59 Å². The van der Waals surface area contributed by atoms with Crippen LogP contribution in [0.3, 0.4) is 0 Å². The lowest BCUT2D eigenvalue weighted by Gasteiger charge is -2.27. The van der Waals surface area contributed by atoms with Crippen LogP contribution in [0, 0.1) is 5.41 Å². The van der Waals surface area contributed by atoms with E-state index in [4.69, 9.17) is 4.74 Å². The zero-order valence-electron chi connectivity index (χ0n) is 23.9. The highest BCUT2D eigenvalue weighted by atomic mass is 35.5. The number of carbonyl (C=O) groups excluding carboxylic acids is 2. The number of anilines is 2. The van der Waals surface area contributed by atoms with Crippen LogP contribution in [0.4, 0.5) is 11.4 Å². The summed E-state index contributed by atoms with van der Waals surface area (Å²) in [4.78, 5) is 40.7. The normalized spacial score (nSPS) is 14.5. The molecule has 0 radical (unpaired) electrons. The summed E-state index contributed by atoms with van der Waals surface area (Å²) >= 11 is 0. The van der Waals surface area contributed by atoms with Gasteiger partial charge in [0.25, 0.3) is 0 Å². The number of halogens is 1. The molecule has 0 aliphatic carbocycles. The fourth-order valence-corrected chi connectivity index (χ4v) is 4.98. The quantitative estimate of drug-likeness (QED) is 0.223. The maximum Gasteiger partial charge on any atom is 0.242 e. The topological polar surface area (TPSA) is 78.9 Å². The molecule has 0 fully saturated rings. The van der Waals surface area contributed by atoms with Crippen LogP contribution in [0.2, 0.25) is 0 Å². The Kier molecular flexibility index (Phi) is 11.0. The van der Waals surface area contributed by atoms with Crippen molar-refractivity contribution in [1.82, 2.24) is 14.9 Å². The Morgan fingerprint density at radius 2 is 1.55 bits per heavy atom. The second kappa shape index (κ2) is 14.2. The third-order valence-electron chi connectivity index (χ3n) is 7.20. The Hall–Kier alpha value is -3.49. The monoisotopic (exact) mass is 565 g/mol. The first-order valence-electron chi connectivity index (χ1n) is 13.8. The van der Waals surface area contributed by atoms with Gasteiger partial charge in [-0.25, -0.2) is 0 Å². The lowest BCUT2D eigenvalue weighted by Crippen LogP contribution is -2.48. The minimum atomic E-state index is -1.12. The smallest absolute Gasteiger partial charge is 0.242 e. The Labute approximate surface area is 243 Å². The number of amides is 2. The first-order valence-corrected chi connectivity index (χ1v) is 13.8. The summed E-state index contributed by atoms with van der Waals surface area (Å²) in [6.45, 7) is 11.4. The molecule has 0 saturated heterocycles. The van der Waals surface area contributed by atoms with Crippen molar-refractivity contribution in [1.29, 1.82) is 0 Å². The molecule has 3 heterocycles. The van der Waals surface area contributed by atoms with Crippen molar-refractivity contribution < 1.29 is 14.3 Å². The van der Waals surface area contributed by atoms with E-state index >= 15 is 0 Å². The van der Waals surface area contributed by atoms with Gasteiger partial charge in [-0.1, -0.05) is 6.07 Å². The molecule has 1 aromatic carbocycles. The highest BCUT2D eigenvalue weighted by molar-refractivity contribution is 6.20. The summed E-state index contributed by atoms with van der Waals surface area (Å²) in [7, 11) is 0. The standard InChI is InChI=1S/C31H39N5O3.ClH/c1-5-35-27-11-10-26(21-28(27)36(6-2)30(38)31(3,4)29(35)37)39-20-8-18-34(23-25-12-16-32-17-13-25)19-14-24-9-7-15-33-22-24;/h7,9-13,15-17,21-22H,5-6,8,14,18-20,23H2,1-4H3;1H. The molecule has 9 heteroatoms. The fraction of sp³-hybridized carbons (Fsp3) is 0.419. The number of ether oxygens (including phenoxy) is 1. The van der Waals surface area contributed by atoms with Crippen molar-refractivity contribution in [3.8, 4) is 5.75 Å². The minimum absolute atomic E-state index is 0. The van der Waals surface area contributed by atoms with Crippen LogP contribution in [-0.4, -0.2) is 59.5 Å². The van der Waals surface area contributed by atoms with Crippen LogP contribution >= 0.6 is 12.4 Å². The van der Waals surface area contributed by atoms with Gasteiger partial charge in [-0.2, -0.15) is 0 Å². The van der Waals surface area contributed by atoms with Gasteiger partial charge in [0.2, 0.25) is 11.8 Å². The van der Waals surface area contributed by atoms with E-state index < -0.39 is 5.41 Å². The summed E-state index contributed by atoms with van der Waals surface area (Å²) in [5.41, 5.74) is 2.78. The Bertz CT molecular complexity index is 1260. The number of fused-ring (bicyclic) bond motifs is 1. The summed E-state index contributed by atoms with van der Waals surface area (Å²) in [5.74, 6) is 0.324. The molecule has 214 valence electrons. The molecule has 0 N–H and O–H groups in total. The number of nitrogens with zero attached hydrogens (tertiary/aromatic N) is 5. The van der Waals surface area contributed by atoms with E-state index in [-0.39, 0.29) is 24.2 Å². The molecule has 8 nitrogen and oxygen atoms in total. The molecule has 1 aliphatic heterocycles. The molecule has 2 amide bonds. The van der Waals surface area contributed by atoms with E-state index in [0.717, 1.165) is 43.9 Å². The minimum Gasteiger partial charge on any atom is -0.493 e. The van der Waals surface area contributed by atoms with Crippen molar-refractivity contribution in [2.75, 3.05) is 42.6 Å². The lowest BCUT2D eigenvalue weighted by atomic mass is 9.90. The van der Waals surface area contributed by atoms with Gasteiger partial charge in [0.05, 0.1) is 18.0 Å². The molecule has 2 aromatic heterocycles. The molecule has 0 unspecified atom stereocenters. The van der Waals surface area contributed by atoms with Crippen molar-refractivity contribution in [3.63, 3.8) is 0 Å². The lowest BCUT2D eigenvalue weighted by molar-refractivity contribution is -0.137. The van der Waals surface area contributed by atoms with Gasteiger partial charge >= 0.3 is 0 Å². The second-order valence-corrected chi connectivity index (χ2v) is 10.3. The first-order chi connectivity index (χ1) is 18.8. The molecule has 4 rings (SSSR count).